The number of rotatable bonds is 5. The lowest BCUT2D eigenvalue weighted by molar-refractivity contribution is -0.132. The topological polar surface area (TPSA) is 36.1 Å². The summed E-state index contributed by atoms with van der Waals surface area (Å²) >= 11 is 0. The molecule has 2 aromatic rings. The van der Waals surface area contributed by atoms with Gasteiger partial charge in [-0.15, -0.1) is 6.58 Å². The van der Waals surface area contributed by atoms with Crippen LogP contribution in [0.15, 0.2) is 43.1 Å². The van der Waals surface area contributed by atoms with E-state index in [2.05, 4.69) is 17.6 Å². The molecule has 0 unspecified atom stereocenters. The number of aromatic nitrogens is 1. The fraction of sp³-hybridized carbons (Fsp3) is 0.389. The summed E-state index contributed by atoms with van der Waals surface area (Å²) in [6.45, 7) is 4.46. The molecule has 1 fully saturated rings. The number of benzene rings is 1. The molecule has 0 aliphatic heterocycles. The van der Waals surface area contributed by atoms with Crippen LogP contribution in [0.4, 0.5) is 0 Å². The molecule has 3 heteroatoms. The van der Waals surface area contributed by atoms with Gasteiger partial charge in [0.25, 0.3) is 0 Å². The highest BCUT2D eigenvalue weighted by atomic mass is 16.2. The van der Waals surface area contributed by atoms with Gasteiger partial charge in [0.1, 0.15) is 0 Å². The average Bonchev–Trinajstić information content (AvgIpc) is 3.15. The van der Waals surface area contributed by atoms with Gasteiger partial charge in [0.15, 0.2) is 0 Å². The zero-order chi connectivity index (χ0) is 14.7. The SMILES string of the molecule is C=CCN(C(=O)Cc1c[nH]c2ccccc12)C1CCCC1. The van der Waals surface area contributed by atoms with Crippen LogP contribution in [0.5, 0.6) is 0 Å². The largest absolute Gasteiger partial charge is 0.361 e. The van der Waals surface area contributed by atoms with Crippen LogP contribution in [-0.4, -0.2) is 28.4 Å². The molecular formula is C18H22N2O. The van der Waals surface area contributed by atoms with Gasteiger partial charge < -0.3 is 9.88 Å². The summed E-state index contributed by atoms with van der Waals surface area (Å²) in [5, 5.41) is 1.15. The van der Waals surface area contributed by atoms with E-state index in [4.69, 9.17) is 0 Å². The highest BCUT2D eigenvalue weighted by molar-refractivity contribution is 5.89. The second-order valence-corrected chi connectivity index (χ2v) is 5.81. The van der Waals surface area contributed by atoms with E-state index in [9.17, 15) is 4.79 Å². The first kappa shape index (κ1) is 13.9. The van der Waals surface area contributed by atoms with Crippen molar-refractivity contribution in [1.82, 2.24) is 9.88 Å². The molecule has 1 heterocycles. The summed E-state index contributed by atoms with van der Waals surface area (Å²) in [5.74, 6) is 0.214. The van der Waals surface area contributed by atoms with Crippen LogP contribution < -0.4 is 0 Å². The highest BCUT2D eigenvalue weighted by Crippen LogP contribution is 2.25. The van der Waals surface area contributed by atoms with Crippen molar-refractivity contribution in [2.45, 2.75) is 38.1 Å². The van der Waals surface area contributed by atoms with Crippen molar-refractivity contribution in [3.8, 4) is 0 Å². The lowest BCUT2D eigenvalue weighted by Crippen LogP contribution is -2.39. The minimum atomic E-state index is 0.214. The second kappa shape index (κ2) is 6.17. The van der Waals surface area contributed by atoms with E-state index in [-0.39, 0.29) is 5.91 Å². The molecule has 110 valence electrons. The van der Waals surface area contributed by atoms with Gasteiger partial charge >= 0.3 is 0 Å². The Labute approximate surface area is 125 Å². The smallest absolute Gasteiger partial charge is 0.227 e. The average molecular weight is 282 g/mol. The first-order valence-electron chi connectivity index (χ1n) is 7.75. The van der Waals surface area contributed by atoms with E-state index in [0.29, 0.717) is 19.0 Å². The molecular weight excluding hydrogens is 260 g/mol. The predicted molar refractivity (Wildman–Crippen MR) is 86.2 cm³/mol. The normalized spacial score (nSPS) is 15.4. The summed E-state index contributed by atoms with van der Waals surface area (Å²) in [6.07, 6.45) is 9.00. The predicted octanol–water partition coefficient (Wildman–Crippen LogP) is 3.67. The maximum Gasteiger partial charge on any atom is 0.227 e. The van der Waals surface area contributed by atoms with Crippen LogP contribution in [0, 0.1) is 0 Å². The molecule has 1 aromatic heterocycles. The van der Waals surface area contributed by atoms with Crippen LogP contribution in [-0.2, 0) is 11.2 Å². The van der Waals surface area contributed by atoms with Crippen LogP contribution in [0.1, 0.15) is 31.2 Å². The molecule has 1 aliphatic carbocycles. The molecule has 0 radical (unpaired) electrons. The van der Waals surface area contributed by atoms with Gasteiger partial charge in [-0.05, 0) is 24.5 Å². The van der Waals surface area contributed by atoms with Crippen molar-refractivity contribution < 1.29 is 4.79 Å². The van der Waals surface area contributed by atoms with Crippen LogP contribution >= 0.6 is 0 Å². The van der Waals surface area contributed by atoms with Crippen molar-refractivity contribution >= 4 is 16.8 Å². The first-order valence-corrected chi connectivity index (χ1v) is 7.75. The minimum absolute atomic E-state index is 0.214. The van der Waals surface area contributed by atoms with E-state index in [1.807, 2.05) is 35.4 Å². The fourth-order valence-corrected chi connectivity index (χ4v) is 3.35. The van der Waals surface area contributed by atoms with E-state index in [0.717, 1.165) is 29.3 Å². The summed E-state index contributed by atoms with van der Waals surface area (Å²) in [7, 11) is 0. The molecule has 21 heavy (non-hydrogen) atoms. The molecule has 1 aromatic carbocycles. The molecule has 1 amide bonds. The third-order valence-electron chi connectivity index (χ3n) is 4.43. The summed E-state index contributed by atoms with van der Waals surface area (Å²) in [4.78, 5) is 18.0. The first-order chi connectivity index (χ1) is 10.3. The Bertz CT molecular complexity index is 637. The second-order valence-electron chi connectivity index (χ2n) is 5.81. The Morgan fingerprint density at radius 2 is 2.10 bits per heavy atom. The molecule has 0 bridgehead atoms. The molecule has 3 nitrogen and oxygen atoms in total. The Morgan fingerprint density at radius 1 is 1.33 bits per heavy atom. The van der Waals surface area contributed by atoms with Crippen LogP contribution in [0.3, 0.4) is 0 Å². The Morgan fingerprint density at radius 3 is 2.86 bits per heavy atom. The number of para-hydroxylation sites is 1. The van der Waals surface area contributed by atoms with Crippen LogP contribution in [0.2, 0.25) is 0 Å². The highest BCUT2D eigenvalue weighted by Gasteiger charge is 2.26. The number of fused-ring (bicyclic) bond motifs is 1. The van der Waals surface area contributed by atoms with Crippen molar-refractivity contribution in [3.63, 3.8) is 0 Å². The van der Waals surface area contributed by atoms with E-state index in [1.165, 1.54) is 12.8 Å². The summed E-state index contributed by atoms with van der Waals surface area (Å²) < 4.78 is 0. The maximum absolute atomic E-state index is 12.7. The lowest BCUT2D eigenvalue weighted by Gasteiger charge is -2.28. The fourth-order valence-electron chi connectivity index (χ4n) is 3.35. The van der Waals surface area contributed by atoms with Crippen molar-refractivity contribution in [1.29, 1.82) is 0 Å². The number of hydrogen-bond donors (Lipinski definition) is 1. The third kappa shape index (κ3) is 2.87. The Balaban J connectivity index is 1.78. The van der Waals surface area contributed by atoms with Gasteiger partial charge in [-0.2, -0.15) is 0 Å². The number of carbonyl (C=O) groups excluding carboxylic acids is 1. The standard InChI is InChI=1S/C18H22N2O/c1-2-11-20(15-7-3-4-8-15)18(21)12-14-13-19-17-10-6-5-9-16(14)17/h2,5-6,9-10,13,15,19H,1,3-4,7-8,11-12H2. The van der Waals surface area contributed by atoms with Gasteiger partial charge in [-0.3, -0.25) is 4.79 Å². The quantitative estimate of drug-likeness (QED) is 0.835. The number of amides is 1. The summed E-state index contributed by atoms with van der Waals surface area (Å²) in [5.41, 5.74) is 2.18. The number of hydrogen-bond acceptors (Lipinski definition) is 1. The molecule has 0 atom stereocenters. The van der Waals surface area contributed by atoms with Crippen molar-refractivity contribution in [3.05, 3.63) is 48.7 Å². The van der Waals surface area contributed by atoms with Gasteiger partial charge in [0.05, 0.1) is 6.42 Å². The lowest BCUT2D eigenvalue weighted by atomic mass is 10.1. The zero-order valence-corrected chi connectivity index (χ0v) is 12.3. The zero-order valence-electron chi connectivity index (χ0n) is 12.3. The van der Waals surface area contributed by atoms with Crippen LogP contribution in [0.25, 0.3) is 10.9 Å². The third-order valence-corrected chi connectivity index (χ3v) is 4.43. The minimum Gasteiger partial charge on any atom is -0.361 e. The number of carbonyl (C=O) groups is 1. The molecule has 1 saturated carbocycles. The van der Waals surface area contributed by atoms with Crippen molar-refractivity contribution in [2.75, 3.05) is 6.54 Å². The molecule has 1 aliphatic rings. The Hall–Kier alpha value is -2.03. The maximum atomic E-state index is 12.7. The monoisotopic (exact) mass is 282 g/mol. The molecule has 0 saturated heterocycles. The number of H-pyrrole nitrogens is 1. The van der Waals surface area contributed by atoms with E-state index >= 15 is 0 Å². The van der Waals surface area contributed by atoms with Gasteiger partial charge in [-0.1, -0.05) is 37.1 Å². The van der Waals surface area contributed by atoms with Gasteiger partial charge in [0.2, 0.25) is 5.91 Å². The van der Waals surface area contributed by atoms with E-state index < -0.39 is 0 Å². The molecule has 3 rings (SSSR count). The van der Waals surface area contributed by atoms with E-state index in [1.54, 1.807) is 0 Å². The number of aromatic amines is 1. The van der Waals surface area contributed by atoms with Gasteiger partial charge in [-0.25, -0.2) is 0 Å². The molecule has 0 spiro atoms. The number of nitrogens with one attached hydrogen (secondary N) is 1. The number of nitrogens with zero attached hydrogens (tertiary/aromatic N) is 1. The van der Waals surface area contributed by atoms with Crippen molar-refractivity contribution in [2.24, 2.45) is 0 Å². The summed E-state index contributed by atoms with van der Waals surface area (Å²) in [6, 6.07) is 8.54. The molecule has 1 N–H and O–H groups in total. The van der Waals surface area contributed by atoms with Gasteiger partial charge in [0, 0.05) is 29.7 Å². The Kier molecular flexibility index (Phi) is 4.09.